The van der Waals surface area contributed by atoms with E-state index in [1.165, 1.54) is 4.90 Å². The molecule has 4 fully saturated rings. The molecule has 6 nitrogen and oxygen atoms in total. The van der Waals surface area contributed by atoms with Crippen molar-refractivity contribution in [1.29, 1.82) is 0 Å². The van der Waals surface area contributed by atoms with Gasteiger partial charge < -0.3 is 19.7 Å². The van der Waals surface area contributed by atoms with Gasteiger partial charge in [0, 0.05) is 6.42 Å². The van der Waals surface area contributed by atoms with Crippen LogP contribution in [-0.4, -0.2) is 62.3 Å². The first kappa shape index (κ1) is 14.1. The number of ether oxygens (including phenoxy) is 2. The van der Waals surface area contributed by atoms with Crippen LogP contribution in [0.4, 0.5) is 4.79 Å². The van der Waals surface area contributed by atoms with Gasteiger partial charge in [-0.15, -0.1) is 0 Å². The third-order valence-electron chi connectivity index (χ3n) is 4.79. The van der Waals surface area contributed by atoms with Crippen LogP contribution in [0.1, 0.15) is 41.0 Å². The number of carbonyl (C=O) groups excluding carboxylic acids is 1. The number of hydrogen-bond acceptors (Lipinski definition) is 5. The molecule has 114 valence electrons. The highest BCUT2D eigenvalue weighted by Crippen LogP contribution is 2.57. The van der Waals surface area contributed by atoms with Crippen molar-refractivity contribution >= 4 is 6.09 Å². The molecule has 4 heterocycles. The van der Waals surface area contributed by atoms with Crippen LogP contribution in [0, 0.1) is 0 Å². The molecule has 6 heteroatoms. The topological polar surface area (TPSA) is 79.2 Å². The zero-order chi connectivity index (χ0) is 15.1. The Kier molecular flexibility index (Phi) is 2.59. The Bertz CT molecular complexity index is 461. The van der Waals surface area contributed by atoms with Crippen molar-refractivity contribution in [3.63, 3.8) is 0 Å². The van der Waals surface area contributed by atoms with Gasteiger partial charge in [0.25, 0.3) is 0 Å². The van der Waals surface area contributed by atoms with Crippen LogP contribution >= 0.6 is 0 Å². The Balaban J connectivity index is 1.94. The van der Waals surface area contributed by atoms with Gasteiger partial charge in [0.05, 0.1) is 17.7 Å². The number of nitrogens with zero attached hydrogens (tertiary/aromatic N) is 1. The molecule has 0 aliphatic carbocycles. The summed E-state index contributed by atoms with van der Waals surface area (Å²) < 4.78 is 11.3. The summed E-state index contributed by atoms with van der Waals surface area (Å²) in [5, 5.41) is 20.9. The zero-order valence-electron chi connectivity index (χ0n) is 12.6. The lowest BCUT2D eigenvalue weighted by Gasteiger charge is -2.45. The second-order valence-corrected chi connectivity index (χ2v) is 7.59. The summed E-state index contributed by atoms with van der Waals surface area (Å²) in [7, 11) is 0. The van der Waals surface area contributed by atoms with E-state index in [0.717, 1.165) is 0 Å². The molecule has 4 rings (SSSR count). The molecular formula is C14H23NO5. The van der Waals surface area contributed by atoms with E-state index in [0.29, 0.717) is 6.42 Å². The lowest BCUT2D eigenvalue weighted by atomic mass is 9.86. The highest BCUT2D eigenvalue weighted by Gasteiger charge is 2.75. The van der Waals surface area contributed by atoms with Gasteiger partial charge in [-0.1, -0.05) is 0 Å². The van der Waals surface area contributed by atoms with Crippen molar-refractivity contribution in [2.75, 3.05) is 0 Å². The molecule has 6 atom stereocenters. The molecule has 1 amide bonds. The van der Waals surface area contributed by atoms with Crippen molar-refractivity contribution in [2.45, 2.75) is 82.1 Å². The van der Waals surface area contributed by atoms with E-state index in [4.69, 9.17) is 9.47 Å². The van der Waals surface area contributed by atoms with Gasteiger partial charge in [0.2, 0.25) is 0 Å². The fourth-order valence-electron chi connectivity index (χ4n) is 4.03. The van der Waals surface area contributed by atoms with Gasteiger partial charge in [0.1, 0.15) is 23.4 Å². The number of hydrogen-bond donors (Lipinski definition) is 2. The van der Waals surface area contributed by atoms with Gasteiger partial charge in [0.15, 0.2) is 0 Å². The Labute approximate surface area is 118 Å². The van der Waals surface area contributed by atoms with E-state index in [1.54, 1.807) is 27.7 Å². The normalized spacial score (nSPS) is 49.9. The molecular weight excluding hydrogens is 262 g/mol. The minimum Gasteiger partial charge on any atom is -0.444 e. The van der Waals surface area contributed by atoms with Crippen molar-refractivity contribution in [3.05, 3.63) is 0 Å². The van der Waals surface area contributed by atoms with Crippen LogP contribution in [0.2, 0.25) is 0 Å². The molecule has 2 N–H and O–H groups in total. The van der Waals surface area contributed by atoms with Crippen molar-refractivity contribution in [2.24, 2.45) is 0 Å². The summed E-state index contributed by atoms with van der Waals surface area (Å²) in [6.45, 7) is 8.98. The van der Waals surface area contributed by atoms with Crippen molar-refractivity contribution in [1.82, 2.24) is 4.90 Å². The molecule has 0 spiro atoms. The highest BCUT2D eigenvalue weighted by molar-refractivity contribution is 5.71. The number of aliphatic hydroxyl groups is 2. The molecule has 4 saturated heterocycles. The zero-order valence-corrected chi connectivity index (χ0v) is 12.6. The minimum atomic E-state index is -0.923. The summed E-state index contributed by atoms with van der Waals surface area (Å²) >= 11 is 0. The summed E-state index contributed by atoms with van der Waals surface area (Å²) in [5.41, 5.74) is -2.23. The lowest BCUT2D eigenvalue weighted by molar-refractivity contribution is -0.190. The molecule has 0 aromatic rings. The number of amides is 1. The number of rotatable bonds is 0. The maximum Gasteiger partial charge on any atom is 0.411 e. The lowest BCUT2D eigenvalue weighted by Crippen LogP contribution is -2.60. The van der Waals surface area contributed by atoms with Crippen LogP contribution < -0.4 is 0 Å². The van der Waals surface area contributed by atoms with E-state index in [1.807, 2.05) is 6.92 Å². The van der Waals surface area contributed by atoms with Gasteiger partial charge in [-0.25, -0.2) is 4.79 Å². The first-order chi connectivity index (χ1) is 9.00. The molecule has 0 aromatic heterocycles. The summed E-state index contributed by atoms with van der Waals surface area (Å²) in [5.74, 6) is 0. The number of carbonyl (C=O) groups is 1. The summed E-state index contributed by atoms with van der Waals surface area (Å²) in [4.78, 5) is 13.9. The van der Waals surface area contributed by atoms with Gasteiger partial charge in [-0.2, -0.15) is 0 Å². The molecule has 4 bridgehead atoms. The third-order valence-corrected chi connectivity index (χ3v) is 4.79. The first-order valence-electron chi connectivity index (χ1n) is 7.07. The number of aliphatic hydroxyl groups excluding tert-OH is 2. The van der Waals surface area contributed by atoms with E-state index in [2.05, 4.69) is 0 Å². The molecule has 0 radical (unpaired) electrons. The predicted octanol–water partition coefficient (Wildman–Crippen LogP) is 0.647. The average molecular weight is 285 g/mol. The molecule has 0 unspecified atom stereocenters. The summed E-state index contributed by atoms with van der Waals surface area (Å²) in [6, 6.07) is -0.918. The highest BCUT2D eigenvalue weighted by atomic mass is 16.6. The molecule has 4 aliphatic heterocycles. The molecule has 0 aromatic carbocycles. The SMILES string of the molecule is CC(C)(C)OC(=O)N1[C@@H]2C[C@@]3(C)O[C@@](C)([C@@H]2O)[C@@H]1[C@@H]3O. The molecule has 20 heavy (non-hydrogen) atoms. The first-order valence-corrected chi connectivity index (χ1v) is 7.07. The second-order valence-electron chi connectivity index (χ2n) is 7.59. The van der Waals surface area contributed by atoms with Gasteiger partial charge in [-0.3, -0.25) is 4.90 Å². The second kappa shape index (κ2) is 3.67. The molecule has 4 aliphatic rings. The van der Waals surface area contributed by atoms with E-state index in [-0.39, 0.29) is 6.04 Å². The monoisotopic (exact) mass is 285 g/mol. The maximum absolute atomic E-state index is 12.4. The Morgan fingerprint density at radius 3 is 2.45 bits per heavy atom. The smallest absolute Gasteiger partial charge is 0.411 e. The van der Waals surface area contributed by atoms with E-state index in [9.17, 15) is 15.0 Å². The predicted molar refractivity (Wildman–Crippen MR) is 70.2 cm³/mol. The third kappa shape index (κ3) is 1.58. The van der Waals surface area contributed by atoms with Gasteiger partial charge >= 0.3 is 6.09 Å². The maximum atomic E-state index is 12.4. The fourth-order valence-corrected chi connectivity index (χ4v) is 4.03. The Morgan fingerprint density at radius 2 is 1.90 bits per heavy atom. The van der Waals surface area contributed by atoms with Crippen LogP contribution in [0.25, 0.3) is 0 Å². The van der Waals surface area contributed by atoms with Crippen LogP contribution in [0.5, 0.6) is 0 Å². The van der Waals surface area contributed by atoms with Crippen molar-refractivity contribution < 1.29 is 24.5 Å². The van der Waals surface area contributed by atoms with Crippen LogP contribution in [0.15, 0.2) is 0 Å². The van der Waals surface area contributed by atoms with Crippen LogP contribution in [0.3, 0.4) is 0 Å². The Hall–Kier alpha value is -0.850. The minimum absolute atomic E-state index is 0.359. The number of piperidine rings is 1. The average Bonchev–Trinajstić information content (AvgIpc) is 2.51. The van der Waals surface area contributed by atoms with E-state index >= 15 is 0 Å². The van der Waals surface area contributed by atoms with Crippen molar-refractivity contribution in [3.8, 4) is 0 Å². The quantitative estimate of drug-likeness (QED) is 0.683. The van der Waals surface area contributed by atoms with Gasteiger partial charge in [-0.05, 0) is 34.6 Å². The fraction of sp³-hybridized carbons (Fsp3) is 0.929. The van der Waals surface area contributed by atoms with E-state index < -0.39 is 41.1 Å². The molecule has 0 saturated carbocycles. The summed E-state index contributed by atoms with van der Waals surface area (Å²) in [6.07, 6.45) is -1.69. The Morgan fingerprint density at radius 1 is 1.30 bits per heavy atom. The van der Waals surface area contributed by atoms with Crippen LogP contribution in [-0.2, 0) is 9.47 Å². The standard InChI is InChI=1S/C14H23NO5/c1-12(2,3)19-11(18)15-7-6-13(4)10(17)8(15)14(5,20-13)9(7)16/h7-10,16-17H,6H2,1-5H3/t7-,8+,9-,10+,13-,14-/m1/s1. The largest absolute Gasteiger partial charge is 0.444 e.